The summed E-state index contributed by atoms with van der Waals surface area (Å²) in [6.07, 6.45) is 5.28. The molecule has 79 heavy (non-hydrogen) atoms. The van der Waals surface area contributed by atoms with Gasteiger partial charge in [0.05, 0.1) is 35.3 Å². The van der Waals surface area contributed by atoms with Gasteiger partial charge in [-0.1, -0.05) is 38.1 Å². The fourth-order valence-corrected chi connectivity index (χ4v) is 9.88. The standard InChI is InChI=1S/C29H30F2N8O2S.C24H18F2N6O3S2/c1-16(2)32-10-5-11-33-27-36-23(19-14-18(9-8-17(19)3)26(40)38-28-34-12-13-42-28)20-15-35-29(41)39(25(20)37-27)24-21(30)6-4-7-22(24)31;1-12-6-7-13(21(33)31-22-27-8-9-36-22)10-14(12)18-15-11-28-24(34)32(19-16(25)4-3-5-17(19)26)20(15)30-23(29-18)37(2)35/h4,6-9,12-14,16,32H,5,10-11,15H2,1-3H3,(H,35,41)(H,33,36,37)(H,34,38,40);3-10H,11H2,1-2H3,(H,28,34)(H,27,31,33). The number of benzene rings is 4. The topological polar surface area (TPSA) is 241 Å². The van der Waals surface area contributed by atoms with Gasteiger partial charge in [-0.05, 0) is 86.5 Å². The molecule has 406 valence electrons. The number of carbonyl (C=O) groups is 4. The molecule has 0 radical (unpaired) electrons. The minimum absolute atomic E-state index is 0.0175. The summed E-state index contributed by atoms with van der Waals surface area (Å²) in [4.78, 5) is 79.7. The van der Waals surface area contributed by atoms with Crippen molar-refractivity contribution < 1.29 is 40.9 Å². The smallest absolute Gasteiger partial charge is 0.328 e. The number of carbonyl (C=O) groups excluding carboxylic acids is 4. The highest BCUT2D eigenvalue weighted by atomic mass is 32.2. The first-order valence-electron chi connectivity index (χ1n) is 24.3. The molecule has 19 nitrogen and oxygen atoms in total. The Kier molecular flexibility index (Phi) is 16.7. The fourth-order valence-electron chi connectivity index (χ4n) is 8.40. The molecule has 0 saturated carbocycles. The predicted octanol–water partition coefficient (Wildman–Crippen LogP) is 10.1. The van der Waals surface area contributed by atoms with Crippen LogP contribution < -0.4 is 41.7 Å². The number of para-hydroxylation sites is 2. The lowest BCUT2D eigenvalue weighted by Crippen LogP contribution is -2.43. The number of fused-ring (bicyclic) bond motifs is 2. The maximum atomic E-state index is 15.0. The summed E-state index contributed by atoms with van der Waals surface area (Å²) in [5.74, 6) is -4.39. The highest BCUT2D eigenvalue weighted by Gasteiger charge is 2.36. The maximum Gasteiger partial charge on any atom is 0.328 e. The molecule has 6 amide bonds. The summed E-state index contributed by atoms with van der Waals surface area (Å²) in [5.41, 5.74) is 3.63. The Labute approximate surface area is 459 Å². The third-order valence-corrected chi connectivity index (χ3v) is 14.3. The minimum atomic E-state index is -1.70. The SMILES string of the molecule is Cc1ccc(C(=O)Nc2nccs2)cc1-c1nc(NCCCNC(C)C)nc2c1CNC(=O)N2c1c(F)cccc1F.Cc1ccc(C(=O)Nc2nccs2)cc1-c1nc(S(C)=O)nc2c1CNC(=O)N2c1c(F)cccc1F. The van der Waals surface area contributed by atoms with Gasteiger partial charge < -0.3 is 21.3 Å². The van der Waals surface area contributed by atoms with E-state index in [0.29, 0.717) is 61.9 Å². The number of nitrogens with one attached hydrogen (secondary N) is 6. The van der Waals surface area contributed by atoms with Crippen LogP contribution in [0.1, 0.15) is 63.2 Å². The van der Waals surface area contributed by atoms with Crippen LogP contribution in [0.15, 0.2) is 101 Å². The molecule has 2 aliphatic heterocycles. The molecule has 6 heterocycles. The second kappa shape index (κ2) is 24.0. The first-order chi connectivity index (χ1) is 38.0. The summed E-state index contributed by atoms with van der Waals surface area (Å²) in [6.45, 7) is 9.01. The van der Waals surface area contributed by atoms with Crippen molar-refractivity contribution in [1.82, 2.24) is 45.9 Å². The Morgan fingerprint density at radius 3 is 1.58 bits per heavy atom. The summed E-state index contributed by atoms with van der Waals surface area (Å²) in [6, 6.07) is 15.6. The number of anilines is 7. The van der Waals surface area contributed by atoms with Gasteiger partial charge in [-0.2, -0.15) is 4.98 Å². The summed E-state index contributed by atoms with van der Waals surface area (Å²) < 4.78 is 71.9. The van der Waals surface area contributed by atoms with Gasteiger partial charge in [-0.25, -0.2) is 61.9 Å². The number of hydrogen-bond donors (Lipinski definition) is 6. The molecule has 1 unspecified atom stereocenters. The normalized spacial score (nSPS) is 13.1. The number of urea groups is 2. The maximum absolute atomic E-state index is 15.0. The quantitative estimate of drug-likeness (QED) is 0.0318. The molecule has 1 atom stereocenters. The number of amides is 6. The fraction of sp³-hybridized carbons (Fsp3) is 0.208. The molecule has 6 N–H and O–H groups in total. The Morgan fingerprint density at radius 2 is 1.14 bits per heavy atom. The third-order valence-electron chi connectivity index (χ3n) is 12.2. The van der Waals surface area contributed by atoms with E-state index in [2.05, 4.69) is 70.7 Å². The van der Waals surface area contributed by atoms with Crippen molar-refractivity contribution in [2.75, 3.05) is 45.1 Å². The van der Waals surface area contributed by atoms with Crippen LogP contribution in [0.25, 0.3) is 22.5 Å². The van der Waals surface area contributed by atoms with E-state index < -0.39 is 63.4 Å². The van der Waals surface area contributed by atoms with Gasteiger partial charge >= 0.3 is 12.1 Å². The Morgan fingerprint density at radius 1 is 0.671 bits per heavy atom. The van der Waals surface area contributed by atoms with Crippen molar-refractivity contribution >= 4 is 96.6 Å². The number of aromatic nitrogens is 6. The Hall–Kier alpha value is -8.59. The zero-order valence-corrected chi connectivity index (χ0v) is 45.2. The molecule has 0 fully saturated rings. The number of hydrogen-bond acceptors (Lipinski definition) is 15. The first kappa shape index (κ1) is 55.2. The van der Waals surface area contributed by atoms with Crippen molar-refractivity contribution in [1.29, 1.82) is 0 Å². The zero-order valence-electron chi connectivity index (χ0n) is 42.7. The second-order valence-corrected chi connectivity index (χ2v) is 21.0. The largest absolute Gasteiger partial charge is 0.354 e. The monoisotopic (exact) mass is 1130 g/mol. The average Bonchev–Trinajstić information content (AvgIpc) is 4.23. The Bertz CT molecular complexity index is 3630. The van der Waals surface area contributed by atoms with Gasteiger partial charge in [0.1, 0.15) is 34.6 Å². The van der Waals surface area contributed by atoms with E-state index in [1.165, 1.54) is 41.1 Å². The average molecular weight is 1130 g/mol. The van der Waals surface area contributed by atoms with Crippen LogP contribution in [0.2, 0.25) is 0 Å². The van der Waals surface area contributed by atoms with Crippen LogP contribution in [0.4, 0.5) is 66.4 Å². The molecule has 2 aliphatic rings. The van der Waals surface area contributed by atoms with E-state index in [1.807, 2.05) is 6.92 Å². The first-order valence-corrected chi connectivity index (χ1v) is 27.6. The van der Waals surface area contributed by atoms with Crippen molar-refractivity contribution in [2.45, 2.75) is 58.4 Å². The molecule has 10 rings (SSSR count). The lowest BCUT2D eigenvalue weighted by atomic mass is 9.97. The van der Waals surface area contributed by atoms with E-state index in [-0.39, 0.29) is 47.4 Å². The van der Waals surface area contributed by atoms with Gasteiger partial charge in [0.2, 0.25) is 11.1 Å². The lowest BCUT2D eigenvalue weighted by molar-refractivity contribution is 0.101. The highest BCUT2D eigenvalue weighted by molar-refractivity contribution is 7.84. The molecular weight excluding hydrogens is 1080 g/mol. The Balaban J connectivity index is 0.000000193. The van der Waals surface area contributed by atoms with Crippen LogP contribution in [-0.2, 0) is 23.9 Å². The van der Waals surface area contributed by atoms with E-state index in [9.17, 15) is 40.9 Å². The molecular formula is C53H48F4N14O5S3. The van der Waals surface area contributed by atoms with Crippen LogP contribution in [0, 0.1) is 37.1 Å². The molecule has 0 saturated heterocycles. The van der Waals surface area contributed by atoms with Gasteiger partial charge in [-0.15, -0.1) is 22.7 Å². The van der Waals surface area contributed by atoms with Crippen molar-refractivity contribution in [2.24, 2.45) is 0 Å². The molecule has 4 aromatic heterocycles. The van der Waals surface area contributed by atoms with Crippen LogP contribution in [0.3, 0.4) is 0 Å². The lowest BCUT2D eigenvalue weighted by Gasteiger charge is -2.31. The molecule has 4 aromatic carbocycles. The van der Waals surface area contributed by atoms with Crippen molar-refractivity contribution in [3.8, 4) is 22.5 Å². The van der Waals surface area contributed by atoms with E-state index in [4.69, 9.17) is 4.98 Å². The number of rotatable bonds is 15. The van der Waals surface area contributed by atoms with Crippen LogP contribution >= 0.6 is 22.7 Å². The molecule has 26 heteroatoms. The van der Waals surface area contributed by atoms with E-state index >= 15 is 0 Å². The van der Waals surface area contributed by atoms with E-state index in [0.717, 1.165) is 58.2 Å². The molecule has 8 aromatic rings. The predicted molar refractivity (Wildman–Crippen MR) is 295 cm³/mol. The van der Waals surface area contributed by atoms with Crippen molar-refractivity contribution in [3.05, 3.63) is 153 Å². The summed E-state index contributed by atoms with van der Waals surface area (Å²) in [7, 11) is -1.70. The zero-order chi connectivity index (χ0) is 56.1. The molecule has 0 aliphatic carbocycles. The van der Waals surface area contributed by atoms with Crippen LogP contribution in [-0.4, -0.2) is 83.4 Å². The number of nitrogens with zero attached hydrogens (tertiary/aromatic N) is 8. The number of aryl methyl sites for hydroxylation is 2. The van der Waals surface area contributed by atoms with Crippen LogP contribution in [0.5, 0.6) is 0 Å². The number of thiazole rings is 2. The van der Waals surface area contributed by atoms with Gasteiger partial charge in [-0.3, -0.25) is 24.4 Å². The molecule has 0 bridgehead atoms. The van der Waals surface area contributed by atoms with Gasteiger partial charge in [0.15, 0.2) is 21.9 Å². The number of halogens is 4. The van der Waals surface area contributed by atoms with Gasteiger partial charge in [0, 0.05) is 75.4 Å². The molecule has 0 spiro atoms. The summed E-state index contributed by atoms with van der Waals surface area (Å²) >= 11 is 2.57. The third kappa shape index (κ3) is 12.1. The minimum Gasteiger partial charge on any atom is -0.354 e. The highest BCUT2D eigenvalue weighted by Crippen LogP contribution is 2.41. The second-order valence-electron chi connectivity index (χ2n) is 18.0. The summed E-state index contributed by atoms with van der Waals surface area (Å²) in [5, 5.41) is 21.5. The van der Waals surface area contributed by atoms with Crippen molar-refractivity contribution in [3.63, 3.8) is 0 Å². The van der Waals surface area contributed by atoms with Gasteiger partial charge in [0.25, 0.3) is 11.8 Å². The van der Waals surface area contributed by atoms with E-state index in [1.54, 1.807) is 66.5 Å².